The first kappa shape index (κ1) is 17.2. The van der Waals surface area contributed by atoms with E-state index in [1.54, 1.807) is 18.9 Å². The van der Waals surface area contributed by atoms with E-state index in [4.69, 9.17) is 0 Å². The minimum atomic E-state index is -3.50. The van der Waals surface area contributed by atoms with Crippen LogP contribution in [0.2, 0.25) is 0 Å². The number of hydrogen-bond acceptors (Lipinski definition) is 3. The smallest absolute Gasteiger partial charge is 0.253 e. The van der Waals surface area contributed by atoms with Gasteiger partial charge in [0.2, 0.25) is 10.0 Å². The average molecular weight is 332 g/mol. The summed E-state index contributed by atoms with van der Waals surface area (Å²) in [6.45, 7) is 2.54. The number of benzene rings is 2. The van der Waals surface area contributed by atoms with Crippen LogP contribution in [0.4, 0.5) is 0 Å². The van der Waals surface area contributed by atoms with Crippen molar-refractivity contribution in [3.05, 3.63) is 65.7 Å². The molecule has 2 aromatic rings. The molecular formula is C17H20N2O3S. The van der Waals surface area contributed by atoms with Crippen molar-refractivity contribution >= 4 is 15.9 Å². The largest absolute Gasteiger partial charge is 0.337 e. The van der Waals surface area contributed by atoms with E-state index in [0.717, 1.165) is 5.56 Å². The molecule has 0 fully saturated rings. The van der Waals surface area contributed by atoms with Crippen LogP contribution in [0.3, 0.4) is 0 Å². The number of sulfonamides is 1. The van der Waals surface area contributed by atoms with Crippen LogP contribution >= 0.6 is 0 Å². The Kier molecular flexibility index (Phi) is 5.52. The fourth-order valence-corrected chi connectivity index (χ4v) is 3.24. The molecule has 0 spiro atoms. The number of carbonyl (C=O) groups is 1. The Labute approximate surface area is 137 Å². The second kappa shape index (κ2) is 7.39. The topological polar surface area (TPSA) is 66.5 Å². The quantitative estimate of drug-likeness (QED) is 0.882. The van der Waals surface area contributed by atoms with Gasteiger partial charge in [0, 0.05) is 25.7 Å². The predicted molar refractivity (Wildman–Crippen MR) is 89.5 cm³/mol. The molecule has 0 aliphatic carbocycles. The number of nitrogens with zero attached hydrogens (tertiary/aromatic N) is 1. The highest BCUT2D eigenvalue weighted by Crippen LogP contribution is 2.13. The predicted octanol–water partition coefficient (Wildman–Crippen LogP) is 2.26. The lowest BCUT2D eigenvalue weighted by Gasteiger charge is -2.17. The second-order valence-electron chi connectivity index (χ2n) is 5.17. The minimum Gasteiger partial charge on any atom is -0.337 e. The first-order valence-corrected chi connectivity index (χ1v) is 8.81. The molecule has 0 radical (unpaired) electrons. The molecule has 0 aliphatic rings. The van der Waals surface area contributed by atoms with Crippen molar-refractivity contribution in [3.8, 4) is 0 Å². The fraction of sp³-hybridized carbons (Fsp3) is 0.235. The van der Waals surface area contributed by atoms with Crippen LogP contribution in [0.15, 0.2) is 59.5 Å². The summed E-state index contributed by atoms with van der Waals surface area (Å²) in [5.41, 5.74) is 1.49. The molecule has 0 atom stereocenters. The van der Waals surface area contributed by atoms with Crippen molar-refractivity contribution in [3.63, 3.8) is 0 Å². The zero-order chi connectivity index (χ0) is 16.9. The monoisotopic (exact) mass is 332 g/mol. The molecule has 5 nitrogen and oxygen atoms in total. The maximum Gasteiger partial charge on any atom is 0.253 e. The summed E-state index contributed by atoms with van der Waals surface area (Å²) in [4.78, 5) is 14.2. The van der Waals surface area contributed by atoms with E-state index in [1.165, 1.54) is 24.3 Å². The van der Waals surface area contributed by atoms with Crippen molar-refractivity contribution in [1.29, 1.82) is 0 Å². The van der Waals surface area contributed by atoms with E-state index >= 15 is 0 Å². The van der Waals surface area contributed by atoms with Gasteiger partial charge in [0.15, 0.2) is 0 Å². The van der Waals surface area contributed by atoms with Gasteiger partial charge in [-0.3, -0.25) is 4.79 Å². The van der Waals surface area contributed by atoms with E-state index in [1.807, 2.05) is 30.3 Å². The lowest BCUT2D eigenvalue weighted by atomic mass is 10.1. The molecule has 0 unspecified atom stereocenters. The normalized spacial score (nSPS) is 11.2. The van der Waals surface area contributed by atoms with Crippen LogP contribution < -0.4 is 4.72 Å². The van der Waals surface area contributed by atoms with Gasteiger partial charge >= 0.3 is 0 Å². The molecule has 0 saturated carbocycles. The third-order valence-electron chi connectivity index (χ3n) is 3.36. The summed E-state index contributed by atoms with van der Waals surface area (Å²) in [5, 5.41) is 0. The van der Waals surface area contributed by atoms with Crippen molar-refractivity contribution in [2.75, 3.05) is 13.6 Å². The molecule has 2 rings (SSSR count). The fourth-order valence-electron chi connectivity index (χ4n) is 2.20. The molecule has 0 saturated heterocycles. The van der Waals surface area contributed by atoms with Crippen molar-refractivity contribution in [2.45, 2.75) is 18.4 Å². The zero-order valence-corrected chi connectivity index (χ0v) is 14.0. The number of amides is 1. The lowest BCUT2D eigenvalue weighted by molar-refractivity contribution is 0.0785. The van der Waals surface area contributed by atoms with Crippen LogP contribution in [-0.4, -0.2) is 32.8 Å². The van der Waals surface area contributed by atoms with E-state index in [-0.39, 0.29) is 10.8 Å². The summed E-state index contributed by atoms with van der Waals surface area (Å²) in [5.74, 6) is -0.152. The van der Waals surface area contributed by atoms with Gasteiger partial charge in [0.1, 0.15) is 0 Å². The molecule has 23 heavy (non-hydrogen) atoms. The molecular weight excluding hydrogens is 312 g/mol. The van der Waals surface area contributed by atoms with Crippen LogP contribution in [-0.2, 0) is 16.6 Å². The van der Waals surface area contributed by atoms with E-state index in [2.05, 4.69) is 4.72 Å². The molecule has 1 amide bonds. The maximum absolute atomic E-state index is 12.4. The van der Waals surface area contributed by atoms with Gasteiger partial charge in [-0.2, -0.15) is 0 Å². The minimum absolute atomic E-state index is 0.152. The maximum atomic E-state index is 12.4. The molecule has 0 aliphatic heterocycles. The third-order valence-corrected chi connectivity index (χ3v) is 4.92. The average Bonchev–Trinajstić information content (AvgIpc) is 2.55. The zero-order valence-electron chi connectivity index (χ0n) is 13.2. The Morgan fingerprint density at radius 2 is 1.65 bits per heavy atom. The van der Waals surface area contributed by atoms with E-state index in [9.17, 15) is 13.2 Å². The number of carbonyl (C=O) groups excluding carboxylic acids is 1. The molecule has 122 valence electrons. The van der Waals surface area contributed by atoms with Gasteiger partial charge in [0.05, 0.1) is 4.90 Å². The van der Waals surface area contributed by atoms with Gasteiger partial charge < -0.3 is 4.90 Å². The molecule has 0 heterocycles. The van der Waals surface area contributed by atoms with Crippen molar-refractivity contribution in [2.24, 2.45) is 0 Å². The summed E-state index contributed by atoms with van der Waals surface area (Å²) in [6, 6.07) is 15.6. The van der Waals surface area contributed by atoms with Crippen molar-refractivity contribution in [1.82, 2.24) is 9.62 Å². The van der Waals surface area contributed by atoms with Crippen LogP contribution in [0.5, 0.6) is 0 Å². The first-order chi connectivity index (χ1) is 10.9. The van der Waals surface area contributed by atoms with Gasteiger partial charge in [-0.05, 0) is 29.8 Å². The highest BCUT2D eigenvalue weighted by Gasteiger charge is 2.15. The SMILES string of the molecule is CCNS(=O)(=O)c1ccc(C(=O)N(C)Cc2ccccc2)cc1. The van der Waals surface area contributed by atoms with Gasteiger partial charge in [0.25, 0.3) is 5.91 Å². The molecule has 2 aromatic carbocycles. The second-order valence-corrected chi connectivity index (χ2v) is 6.94. The standard InChI is InChI=1S/C17H20N2O3S/c1-3-18-23(21,22)16-11-9-15(10-12-16)17(20)19(2)13-14-7-5-4-6-8-14/h4-12,18H,3,13H2,1-2H3. The Hall–Kier alpha value is -2.18. The summed E-state index contributed by atoms with van der Waals surface area (Å²) < 4.78 is 26.2. The number of rotatable bonds is 6. The van der Waals surface area contributed by atoms with E-state index < -0.39 is 10.0 Å². The number of hydrogen-bond donors (Lipinski definition) is 1. The lowest BCUT2D eigenvalue weighted by Crippen LogP contribution is -2.26. The Morgan fingerprint density at radius 1 is 1.04 bits per heavy atom. The molecule has 0 bridgehead atoms. The number of nitrogens with one attached hydrogen (secondary N) is 1. The highest BCUT2D eigenvalue weighted by atomic mass is 32.2. The summed E-state index contributed by atoms with van der Waals surface area (Å²) in [7, 11) is -1.78. The van der Waals surface area contributed by atoms with Crippen LogP contribution in [0.1, 0.15) is 22.8 Å². The van der Waals surface area contributed by atoms with E-state index in [0.29, 0.717) is 18.7 Å². The highest BCUT2D eigenvalue weighted by molar-refractivity contribution is 7.89. The molecule has 1 N–H and O–H groups in total. The van der Waals surface area contributed by atoms with Gasteiger partial charge in [-0.25, -0.2) is 13.1 Å². The molecule has 0 aromatic heterocycles. The van der Waals surface area contributed by atoms with Crippen LogP contribution in [0.25, 0.3) is 0 Å². The summed E-state index contributed by atoms with van der Waals surface area (Å²) >= 11 is 0. The van der Waals surface area contributed by atoms with Gasteiger partial charge in [-0.1, -0.05) is 37.3 Å². The first-order valence-electron chi connectivity index (χ1n) is 7.33. The van der Waals surface area contributed by atoms with Crippen LogP contribution in [0, 0.1) is 0 Å². The Bertz CT molecular complexity index is 756. The Balaban J connectivity index is 2.11. The van der Waals surface area contributed by atoms with Gasteiger partial charge in [-0.15, -0.1) is 0 Å². The third kappa shape index (κ3) is 4.40. The summed E-state index contributed by atoms with van der Waals surface area (Å²) in [6.07, 6.45) is 0. The Morgan fingerprint density at radius 3 is 2.22 bits per heavy atom. The van der Waals surface area contributed by atoms with Crippen molar-refractivity contribution < 1.29 is 13.2 Å². The molecule has 6 heteroatoms.